The quantitative estimate of drug-likeness (QED) is 0.869. The normalized spacial score (nSPS) is 23.5. The van der Waals surface area contributed by atoms with Crippen LogP contribution < -0.4 is 0 Å². The van der Waals surface area contributed by atoms with Crippen molar-refractivity contribution in [3.63, 3.8) is 0 Å². The fourth-order valence-electron chi connectivity index (χ4n) is 2.66. The second-order valence-electron chi connectivity index (χ2n) is 4.85. The zero-order valence-corrected chi connectivity index (χ0v) is 10.5. The number of piperidine rings is 1. The zero-order chi connectivity index (χ0) is 12.1. The molecule has 1 aromatic rings. The summed E-state index contributed by atoms with van der Waals surface area (Å²) in [6.07, 6.45) is 8.14. The molecule has 0 aliphatic carbocycles. The van der Waals surface area contributed by atoms with Gasteiger partial charge in [0, 0.05) is 30.5 Å². The highest BCUT2D eigenvalue weighted by Crippen LogP contribution is 2.22. The van der Waals surface area contributed by atoms with Gasteiger partial charge >= 0.3 is 0 Å². The molecule has 0 amide bonds. The molecule has 3 nitrogen and oxygen atoms in total. The van der Waals surface area contributed by atoms with E-state index in [9.17, 15) is 5.11 Å². The Balaban J connectivity index is 1.95. The number of aromatic nitrogens is 1. The molecule has 0 spiro atoms. The first kappa shape index (κ1) is 12.5. The van der Waals surface area contributed by atoms with E-state index in [4.69, 9.17) is 0 Å². The number of β-amino-alcohol motifs (C(OH)–C–C–N with tert-alkyl or cyclic N) is 1. The van der Waals surface area contributed by atoms with Crippen molar-refractivity contribution >= 4 is 0 Å². The average molecular weight is 234 g/mol. The highest BCUT2D eigenvalue weighted by molar-refractivity contribution is 5.12. The molecule has 0 saturated carbocycles. The van der Waals surface area contributed by atoms with Crippen LogP contribution in [-0.4, -0.2) is 34.1 Å². The van der Waals surface area contributed by atoms with Crippen LogP contribution in [0.25, 0.3) is 0 Å². The number of pyridine rings is 1. The minimum absolute atomic E-state index is 0.407. The first-order chi connectivity index (χ1) is 8.31. The molecule has 2 atom stereocenters. The molecule has 1 fully saturated rings. The average Bonchev–Trinajstić information content (AvgIpc) is 2.40. The molecule has 1 aromatic heterocycles. The van der Waals surface area contributed by atoms with Crippen molar-refractivity contribution in [3.8, 4) is 0 Å². The molecule has 94 valence electrons. The van der Waals surface area contributed by atoms with Crippen molar-refractivity contribution in [2.45, 2.75) is 44.8 Å². The standard InChI is InChI=1S/C14H22N2O/c1-2-13-7-3-4-9-16(13)11-14(17)12-6-5-8-15-10-12/h5-6,8,10,13-14,17H,2-4,7,9,11H2,1H3. The Hall–Kier alpha value is -0.930. The van der Waals surface area contributed by atoms with Gasteiger partial charge in [-0.15, -0.1) is 0 Å². The smallest absolute Gasteiger partial charge is 0.0931 e. The first-order valence-corrected chi connectivity index (χ1v) is 6.63. The molecular weight excluding hydrogens is 212 g/mol. The third-order valence-corrected chi connectivity index (χ3v) is 3.70. The van der Waals surface area contributed by atoms with Crippen molar-refractivity contribution in [2.24, 2.45) is 0 Å². The van der Waals surface area contributed by atoms with Gasteiger partial charge in [0.1, 0.15) is 0 Å². The summed E-state index contributed by atoms with van der Waals surface area (Å²) in [5.74, 6) is 0. The molecule has 2 rings (SSSR count). The highest BCUT2D eigenvalue weighted by atomic mass is 16.3. The van der Waals surface area contributed by atoms with Crippen molar-refractivity contribution in [1.82, 2.24) is 9.88 Å². The Morgan fingerprint density at radius 2 is 2.41 bits per heavy atom. The SMILES string of the molecule is CCC1CCCCN1CC(O)c1cccnc1. The number of nitrogens with zero attached hydrogens (tertiary/aromatic N) is 2. The molecule has 0 radical (unpaired) electrons. The third kappa shape index (κ3) is 3.27. The summed E-state index contributed by atoms with van der Waals surface area (Å²) in [6, 6.07) is 4.48. The van der Waals surface area contributed by atoms with E-state index >= 15 is 0 Å². The largest absolute Gasteiger partial charge is 0.387 e. The van der Waals surface area contributed by atoms with Crippen molar-refractivity contribution in [2.75, 3.05) is 13.1 Å². The van der Waals surface area contributed by atoms with Crippen LogP contribution in [-0.2, 0) is 0 Å². The van der Waals surface area contributed by atoms with Gasteiger partial charge in [0.25, 0.3) is 0 Å². The number of hydrogen-bond donors (Lipinski definition) is 1. The van der Waals surface area contributed by atoms with Gasteiger partial charge in [0.05, 0.1) is 6.10 Å². The summed E-state index contributed by atoms with van der Waals surface area (Å²) < 4.78 is 0. The summed E-state index contributed by atoms with van der Waals surface area (Å²) in [4.78, 5) is 6.49. The maximum atomic E-state index is 10.2. The third-order valence-electron chi connectivity index (χ3n) is 3.70. The fourth-order valence-corrected chi connectivity index (χ4v) is 2.66. The van der Waals surface area contributed by atoms with E-state index in [1.165, 1.54) is 25.7 Å². The van der Waals surface area contributed by atoms with Gasteiger partial charge in [0.2, 0.25) is 0 Å². The van der Waals surface area contributed by atoms with Crippen LogP contribution in [0.5, 0.6) is 0 Å². The number of rotatable bonds is 4. The van der Waals surface area contributed by atoms with E-state index in [0.29, 0.717) is 6.04 Å². The predicted molar refractivity (Wildman–Crippen MR) is 68.7 cm³/mol. The Morgan fingerprint density at radius 1 is 1.53 bits per heavy atom. The molecule has 0 aromatic carbocycles. The van der Waals surface area contributed by atoms with Crippen LogP contribution in [0, 0.1) is 0 Å². The molecule has 1 aliphatic rings. The lowest BCUT2D eigenvalue weighted by Gasteiger charge is -2.36. The molecule has 2 heterocycles. The molecule has 0 bridgehead atoms. The van der Waals surface area contributed by atoms with Gasteiger partial charge in [-0.05, 0) is 31.9 Å². The van der Waals surface area contributed by atoms with Gasteiger partial charge in [0.15, 0.2) is 0 Å². The minimum Gasteiger partial charge on any atom is -0.387 e. The van der Waals surface area contributed by atoms with E-state index in [0.717, 1.165) is 18.7 Å². The van der Waals surface area contributed by atoms with Crippen LogP contribution >= 0.6 is 0 Å². The predicted octanol–water partition coefficient (Wildman–Crippen LogP) is 2.38. The van der Waals surface area contributed by atoms with Crippen LogP contribution in [0.3, 0.4) is 0 Å². The maximum Gasteiger partial charge on any atom is 0.0931 e. The van der Waals surface area contributed by atoms with E-state index < -0.39 is 6.10 Å². The Morgan fingerprint density at radius 3 is 3.12 bits per heavy atom. The summed E-state index contributed by atoms with van der Waals surface area (Å²) in [5.41, 5.74) is 0.924. The van der Waals surface area contributed by atoms with Crippen molar-refractivity contribution in [1.29, 1.82) is 0 Å². The summed E-state index contributed by atoms with van der Waals surface area (Å²) in [6.45, 7) is 4.10. The molecular formula is C14H22N2O. The number of likely N-dealkylation sites (tertiary alicyclic amines) is 1. The highest BCUT2D eigenvalue weighted by Gasteiger charge is 2.23. The number of aliphatic hydroxyl groups excluding tert-OH is 1. The van der Waals surface area contributed by atoms with E-state index in [1.54, 1.807) is 12.4 Å². The van der Waals surface area contributed by atoms with Crippen LogP contribution in [0.2, 0.25) is 0 Å². The zero-order valence-electron chi connectivity index (χ0n) is 10.5. The van der Waals surface area contributed by atoms with Crippen molar-refractivity contribution in [3.05, 3.63) is 30.1 Å². The van der Waals surface area contributed by atoms with Gasteiger partial charge < -0.3 is 5.11 Å². The monoisotopic (exact) mass is 234 g/mol. The van der Waals surface area contributed by atoms with Gasteiger partial charge in [-0.2, -0.15) is 0 Å². The Bertz CT molecular complexity index is 328. The van der Waals surface area contributed by atoms with Gasteiger partial charge in [-0.3, -0.25) is 9.88 Å². The lowest BCUT2D eigenvalue weighted by Crippen LogP contribution is -2.41. The molecule has 3 heteroatoms. The molecule has 1 aliphatic heterocycles. The van der Waals surface area contributed by atoms with Crippen LogP contribution in [0.15, 0.2) is 24.5 Å². The summed E-state index contributed by atoms with van der Waals surface area (Å²) in [5, 5.41) is 10.2. The summed E-state index contributed by atoms with van der Waals surface area (Å²) >= 11 is 0. The number of aliphatic hydroxyl groups is 1. The lowest BCUT2D eigenvalue weighted by atomic mass is 9.99. The lowest BCUT2D eigenvalue weighted by molar-refractivity contribution is 0.0654. The second-order valence-corrected chi connectivity index (χ2v) is 4.85. The maximum absolute atomic E-state index is 10.2. The van der Waals surface area contributed by atoms with Gasteiger partial charge in [-0.25, -0.2) is 0 Å². The molecule has 17 heavy (non-hydrogen) atoms. The topological polar surface area (TPSA) is 36.4 Å². The number of hydrogen-bond acceptors (Lipinski definition) is 3. The second kappa shape index (κ2) is 6.12. The summed E-state index contributed by atoms with van der Waals surface area (Å²) in [7, 11) is 0. The molecule has 1 N–H and O–H groups in total. The van der Waals surface area contributed by atoms with E-state index in [2.05, 4.69) is 16.8 Å². The van der Waals surface area contributed by atoms with Crippen LogP contribution in [0.4, 0.5) is 0 Å². The molecule has 1 saturated heterocycles. The van der Waals surface area contributed by atoms with Crippen molar-refractivity contribution < 1.29 is 5.11 Å². The fraction of sp³-hybridized carbons (Fsp3) is 0.643. The Labute approximate surface area is 103 Å². The first-order valence-electron chi connectivity index (χ1n) is 6.63. The van der Waals surface area contributed by atoms with Gasteiger partial charge in [-0.1, -0.05) is 19.4 Å². The minimum atomic E-state index is -0.407. The molecule has 2 unspecified atom stereocenters. The van der Waals surface area contributed by atoms with Crippen LogP contribution in [0.1, 0.15) is 44.3 Å². The van der Waals surface area contributed by atoms with E-state index in [-0.39, 0.29) is 0 Å². The Kier molecular flexibility index (Phi) is 4.51. The van der Waals surface area contributed by atoms with E-state index in [1.807, 2.05) is 12.1 Å².